The van der Waals surface area contributed by atoms with Crippen molar-refractivity contribution in [3.8, 4) is 0 Å². The molecule has 24 heavy (non-hydrogen) atoms. The van der Waals surface area contributed by atoms with Crippen LogP contribution in [0.3, 0.4) is 0 Å². The summed E-state index contributed by atoms with van der Waals surface area (Å²) in [5.41, 5.74) is 0.524. The largest absolute Gasteiger partial charge is 0.380 e. The van der Waals surface area contributed by atoms with Gasteiger partial charge in [0, 0.05) is 43.4 Å². The molecule has 126 valence electrons. The summed E-state index contributed by atoms with van der Waals surface area (Å²) >= 11 is 1.61. The van der Waals surface area contributed by atoms with Gasteiger partial charge in [-0.1, -0.05) is 11.3 Å². The summed E-state index contributed by atoms with van der Waals surface area (Å²) in [5.74, 6) is 0.309. The van der Waals surface area contributed by atoms with Crippen molar-refractivity contribution in [2.24, 2.45) is 11.3 Å². The van der Waals surface area contributed by atoms with Crippen molar-refractivity contribution < 1.29 is 9.53 Å². The van der Waals surface area contributed by atoms with Crippen LogP contribution in [0.15, 0.2) is 24.5 Å². The Hall–Kier alpha value is -2.06. The van der Waals surface area contributed by atoms with E-state index < -0.39 is 0 Å². The summed E-state index contributed by atoms with van der Waals surface area (Å²) in [6.45, 7) is 5.69. The number of aromatic nitrogens is 3. The number of carbonyl (C=O) groups excluding carboxylic acids is 1. The number of pyridine rings is 1. The fourth-order valence-electron chi connectivity index (χ4n) is 3.50. The van der Waals surface area contributed by atoms with Gasteiger partial charge in [0.25, 0.3) is 5.91 Å². The molecular formula is C16H19N5O2S. The van der Waals surface area contributed by atoms with Crippen LogP contribution in [0, 0.1) is 18.3 Å². The highest BCUT2D eigenvalue weighted by Gasteiger charge is 2.51. The summed E-state index contributed by atoms with van der Waals surface area (Å²) in [6.07, 6.45) is 3.25. The van der Waals surface area contributed by atoms with Gasteiger partial charge in [0.1, 0.15) is 5.01 Å². The van der Waals surface area contributed by atoms with E-state index in [1.165, 1.54) is 0 Å². The molecule has 0 spiro atoms. The number of hydrogen-bond donors (Lipinski definition) is 1. The van der Waals surface area contributed by atoms with E-state index >= 15 is 0 Å². The second-order valence-corrected chi connectivity index (χ2v) is 7.64. The Bertz CT molecular complexity index is 737. The van der Waals surface area contributed by atoms with Gasteiger partial charge in [0.05, 0.1) is 18.8 Å². The number of amides is 1. The van der Waals surface area contributed by atoms with Gasteiger partial charge in [-0.2, -0.15) is 0 Å². The molecule has 8 heteroatoms. The number of nitrogens with one attached hydrogen (secondary N) is 1. The average molecular weight is 345 g/mol. The molecule has 2 aliphatic heterocycles. The minimum atomic E-state index is -0.0895. The molecule has 2 aromatic heterocycles. The molecule has 0 bridgehead atoms. The number of ether oxygens (including phenoxy) is 1. The molecule has 2 fully saturated rings. The monoisotopic (exact) mass is 345 g/mol. The van der Waals surface area contributed by atoms with Gasteiger partial charge in [-0.25, -0.2) is 0 Å². The molecule has 0 aromatic carbocycles. The molecule has 0 unspecified atom stereocenters. The first kappa shape index (κ1) is 15.5. The second kappa shape index (κ2) is 6.10. The zero-order chi connectivity index (χ0) is 16.6. The zero-order valence-electron chi connectivity index (χ0n) is 13.4. The normalized spacial score (nSPS) is 25.7. The van der Waals surface area contributed by atoms with Crippen LogP contribution in [0.5, 0.6) is 0 Å². The number of carbonyl (C=O) groups is 1. The Morgan fingerprint density at radius 3 is 3.21 bits per heavy atom. The van der Waals surface area contributed by atoms with Crippen LogP contribution in [-0.4, -0.2) is 53.9 Å². The van der Waals surface area contributed by atoms with Crippen molar-refractivity contribution in [1.29, 1.82) is 0 Å². The Kier molecular flexibility index (Phi) is 3.93. The highest BCUT2D eigenvalue weighted by Crippen LogP contribution is 2.43. The molecule has 7 nitrogen and oxygen atoms in total. The highest BCUT2D eigenvalue weighted by molar-refractivity contribution is 7.15. The molecule has 2 aliphatic rings. The van der Waals surface area contributed by atoms with Gasteiger partial charge in [-0.15, -0.1) is 10.2 Å². The summed E-state index contributed by atoms with van der Waals surface area (Å²) < 4.78 is 5.72. The lowest BCUT2D eigenvalue weighted by Gasteiger charge is -2.27. The molecule has 0 radical (unpaired) electrons. The first-order chi connectivity index (χ1) is 11.7. The molecule has 1 amide bonds. The Labute approximate surface area is 144 Å². The third-order valence-corrected chi connectivity index (χ3v) is 5.73. The lowest BCUT2D eigenvalue weighted by molar-refractivity contribution is 0.0920. The van der Waals surface area contributed by atoms with Crippen molar-refractivity contribution in [3.05, 3.63) is 35.1 Å². The smallest absolute Gasteiger partial charge is 0.252 e. The summed E-state index contributed by atoms with van der Waals surface area (Å²) in [4.78, 5) is 18.6. The van der Waals surface area contributed by atoms with E-state index in [0.29, 0.717) is 24.6 Å². The molecule has 4 heterocycles. The molecule has 2 atom stereocenters. The second-order valence-electron chi connectivity index (χ2n) is 6.48. The van der Waals surface area contributed by atoms with Crippen molar-refractivity contribution in [2.45, 2.75) is 6.92 Å². The fourth-order valence-corrected chi connectivity index (χ4v) is 4.19. The lowest BCUT2D eigenvalue weighted by atomic mass is 9.81. The van der Waals surface area contributed by atoms with Crippen molar-refractivity contribution in [3.63, 3.8) is 0 Å². The SMILES string of the molecule is Cc1nnc(N2C[C@@H]3COC[C@]3(CNC(=O)c3cccnc3)C2)s1. The van der Waals surface area contributed by atoms with Gasteiger partial charge >= 0.3 is 0 Å². The maximum Gasteiger partial charge on any atom is 0.252 e. The van der Waals surface area contributed by atoms with Gasteiger partial charge < -0.3 is 15.0 Å². The summed E-state index contributed by atoms with van der Waals surface area (Å²) in [7, 11) is 0. The predicted molar refractivity (Wildman–Crippen MR) is 90.2 cm³/mol. The quantitative estimate of drug-likeness (QED) is 0.895. The molecule has 2 saturated heterocycles. The van der Waals surface area contributed by atoms with Gasteiger partial charge in [-0.3, -0.25) is 9.78 Å². The topological polar surface area (TPSA) is 80.2 Å². The van der Waals surface area contributed by atoms with E-state index in [1.54, 1.807) is 35.9 Å². The van der Waals surface area contributed by atoms with Gasteiger partial charge in [0.15, 0.2) is 0 Å². The number of aryl methyl sites for hydroxylation is 1. The lowest BCUT2D eigenvalue weighted by Crippen LogP contribution is -2.43. The predicted octanol–water partition coefficient (Wildman–Crippen LogP) is 1.12. The van der Waals surface area contributed by atoms with E-state index in [2.05, 4.69) is 25.4 Å². The first-order valence-corrected chi connectivity index (χ1v) is 8.79. The Morgan fingerprint density at radius 1 is 1.54 bits per heavy atom. The molecule has 0 saturated carbocycles. The average Bonchev–Trinajstić information content (AvgIpc) is 3.27. The minimum Gasteiger partial charge on any atom is -0.380 e. The number of fused-ring (bicyclic) bond motifs is 1. The summed E-state index contributed by atoms with van der Waals surface area (Å²) in [5, 5.41) is 13.4. The van der Waals surface area contributed by atoms with Crippen molar-refractivity contribution >= 4 is 22.4 Å². The van der Waals surface area contributed by atoms with Gasteiger partial charge in [0.2, 0.25) is 5.13 Å². The Balaban J connectivity index is 1.46. The van der Waals surface area contributed by atoms with Crippen LogP contribution < -0.4 is 10.2 Å². The zero-order valence-corrected chi connectivity index (χ0v) is 14.3. The van der Waals surface area contributed by atoms with Crippen LogP contribution in [0.1, 0.15) is 15.4 Å². The van der Waals surface area contributed by atoms with Crippen LogP contribution in [0.4, 0.5) is 5.13 Å². The minimum absolute atomic E-state index is 0.0581. The first-order valence-electron chi connectivity index (χ1n) is 7.97. The number of hydrogen-bond acceptors (Lipinski definition) is 7. The number of anilines is 1. The maximum atomic E-state index is 12.3. The van der Waals surface area contributed by atoms with E-state index in [-0.39, 0.29) is 11.3 Å². The number of rotatable bonds is 4. The van der Waals surface area contributed by atoms with Crippen LogP contribution in [-0.2, 0) is 4.74 Å². The van der Waals surface area contributed by atoms with Crippen molar-refractivity contribution in [1.82, 2.24) is 20.5 Å². The van der Waals surface area contributed by atoms with Gasteiger partial charge in [-0.05, 0) is 19.1 Å². The fraction of sp³-hybridized carbons (Fsp3) is 0.500. The standard InChI is InChI=1S/C16H19N5O2S/c1-11-19-20-15(24-11)21-6-13-7-23-10-16(13,9-21)8-18-14(22)12-3-2-4-17-5-12/h2-5,13H,6-10H2,1H3,(H,18,22)/t13-,16+/m1/s1. The third-order valence-electron chi connectivity index (χ3n) is 4.83. The van der Waals surface area contributed by atoms with E-state index in [0.717, 1.165) is 29.8 Å². The van der Waals surface area contributed by atoms with Crippen molar-refractivity contribution in [2.75, 3.05) is 37.7 Å². The molecule has 0 aliphatic carbocycles. The van der Waals surface area contributed by atoms with E-state index in [9.17, 15) is 4.79 Å². The highest BCUT2D eigenvalue weighted by atomic mass is 32.1. The third kappa shape index (κ3) is 2.76. The summed E-state index contributed by atoms with van der Waals surface area (Å²) in [6, 6.07) is 3.54. The van der Waals surface area contributed by atoms with Crippen LogP contribution in [0.2, 0.25) is 0 Å². The molecule has 1 N–H and O–H groups in total. The molecule has 4 rings (SSSR count). The van der Waals surface area contributed by atoms with Crippen LogP contribution in [0.25, 0.3) is 0 Å². The van der Waals surface area contributed by atoms with Crippen LogP contribution >= 0.6 is 11.3 Å². The maximum absolute atomic E-state index is 12.3. The molecular weight excluding hydrogens is 326 g/mol. The van der Waals surface area contributed by atoms with E-state index in [1.807, 2.05) is 6.92 Å². The number of nitrogens with zero attached hydrogens (tertiary/aromatic N) is 4. The molecule has 2 aromatic rings. The van der Waals surface area contributed by atoms with E-state index in [4.69, 9.17) is 4.74 Å². The Morgan fingerprint density at radius 2 is 2.46 bits per heavy atom.